The summed E-state index contributed by atoms with van der Waals surface area (Å²) in [4.78, 5) is 25.6. The average Bonchev–Trinajstić information content (AvgIpc) is 3.01. The maximum absolute atomic E-state index is 12.7. The summed E-state index contributed by atoms with van der Waals surface area (Å²) >= 11 is 0. The first-order valence-electron chi connectivity index (χ1n) is 7.21. The number of carbonyl (C=O) groups is 2. The fourth-order valence-corrected chi connectivity index (χ4v) is 3.53. The molecule has 1 aliphatic heterocycles. The van der Waals surface area contributed by atoms with E-state index < -0.39 is 5.97 Å². The monoisotopic (exact) mass is 273 g/mol. The predicted octanol–water partition coefficient (Wildman–Crippen LogP) is 2.47. The number of benzene rings is 1. The number of amides is 1. The topological polar surface area (TPSA) is 57.6 Å². The molecule has 1 N–H and O–H groups in total. The van der Waals surface area contributed by atoms with Crippen molar-refractivity contribution in [2.24, 2.45) is 11.8 Å². The molecule has 1 amide bonds. The van der Waals surface area contributed by atoms with Crippen LogP contribution in [-0.2, 0) is 16.0 Å². The van der Waals surface area contributed by atoms with Crippen LogP contribution in [0.2, 0.25) is 0 Å². The number of para-hydroxylation sites is 1. The number of fused-ring (bicyclic) bond motifs is 1. The van der Waals surface area contributed by atoms with Gasteiger partial charge >= 0.3 is 5.97 Å². The van der Waals surface area contributed by atoms with Crippen LogP contribution in [0.15, 0.2) is 24.3 Å². The highest BCUT2D eigenvalue weighted by atomic mass is 16.4. The second-order valence-electron chi connectivity index (χ2n) is 5.94. The highest BCUT2D eigenvalue weighted by Gasteiger charge is 2.39. The van der Waals surface area contributed by atoms with Crippen LogP contribution in [0.4, 0.5) is 5.69 Å². The van der Waals surface area contributed by atoms with Crippen LogP contribution in [0.1, 0.15) is 31.7 Å². The number of anilines is 1. The van der Waals surface area contributed by atoms with Crippen LogP contribution in [-0.4, -0.2) is 23.0 Å². The molecule has 0 radical (unpaired) electrons. The summed E-state index contributed by atoms with van der Waals surface area (Å²) in [7, 11) is 0. The van der Waals surface area contributed by atoms with Gasteiger partial charge in [-0.1, -0.05) is 18.2 Å². The highest BCUT2D eigenvalue weighted by molar-refractivity contribution is 5.98. The number of carboxylic acids is 1. The van der Waals surface area contributed by atoms with Crippen LogP contribution in [0, 0.1) is 11.8 Å². The van der Waals surface area contributed by atoms with Gasteiger partial charge in [0.05, 0.1) is 5.92 Å². The molecule has 4 heteroatoms. The van der Waals surface area contributed by atoms with Crippen LogP contribution in [0.5, 0.6) is 0 Å². The van der Waals surface area contributed by atoms with Gasteiger partial charge in [-0.2, -0.15) is 0 Å². The van der Waals surface area contributed by atoms with E-state index in [1.807, 2.05) is 23.1 Å². The molecule has 1 saturated carbocycles. The van der Waals surface area contributed by atoms with Gasteiger partial charge in [-0.15, -0.1) is 0 Å². The molecule has 1 unspecified atom stereocenters. The molecule has 1 heterocycles. The molecular weight excluding hydrogens is 254 g/mol. The standard InChI is InChI=1S/C16H19NO3/c1-10-8-11-4-2-3-5-14(11)17(10)15(18)12-6-7-13(9-12)16(19)20/h2-5,10,12-13H,6-9H2,1H3,(H,19,20)/t10?,12-,13+/m1/s1. The van der Waals surface area contributed by atoms with Gasteiger partial charge in [0.25, 0.3) is 0 Å². The maximum Gasteiger partial charge on any atom is 0.306 e. The minimum absolute atomic E-state index is 0.103. The number of rotatable bonds is 2. The van der Waals surface area contributed by atoms with E-state index >= 15 is 0 Å². The predicted molar refractivity (Wildman–Crippen MR) is 75.6 cm³/mol. The number of nitrogens with zero attached hydrogens (tertiary/aromatic N) is 1. The Morgan fingerprint density at radius 1 is 1.20 bits per heavy atom. The van der Waals surface area contributed by atoms with Gasteiger partial charge in [0.1, 0.15) is 0 Å². The lowest BCUT2D eigenvalue weighted by Gasteiger charge is -2.26. The van der Waals surface area contributed by atoms with E-state index in [-0.39, 0.29) is 23.8 Å². The lowest BCUT2D eigenvalue weighted by molar-refractivity contribution is -0.141. The van der Waals surface area contributed by atoms with Crippen molar-refractivity contribution in [2.75, 3.05) is 4.90 Å². The summed E-state index contributed by atoms with van der Waals surface area (Å²) in [5.41, 5.74) is 2.21. The Morgan fingerprint density at radius 2 is 1.90 bits per heavy atom. The third-order valence-electron chi connectivity index (χ3n) is 4.58. The van der Waals surface area contributed by atoms with E-state index in [4.69, 9.17) is 5.11 Å². The molecule has 0 spiro atoms. The lowest BCUT2D eigenvalue weighted by Crippen LogP contribution is -2.39. The molecule has 1 fully saturated rings. The van der Waals surface area contributed by atoms with Gasteiger partial charge in [0.2, 0.25) is 5.91 Å². The molecule has 1 aromatic rings. The van der Waals surface area contributed by atoms with Gasteiger partial charge in [-0.3, -0.25) is 9.59 Å². The quantitative estimate of drug-likeness (QED) is 0.900. The Hall–Kier alpha value is -1.84. The van der Waals surface area contributed by atoms with Crippen molar-refractivity contribution >= 4 is 17.6 Å². The minimum Gasteiger partial charge on any atom is -0.481 e. The molecule has 0 saturated heterocycles. The van der Waals surface area contributed by atoms with E-state index in [1.165, 1.54) is 5.56 Å². The first-order valence-corrected chi connectivity index (χ1v) is 7.21. The number of aliphatic carboxylic acids is 1. The maximum atomic E-state index is 12.7. The number of carboxylic acid groups (broad SMARTS) is 1. The lowest BCUT2D eigenvalue weighted by atomic mass is 10.0. The number of hydrogen-bond acceptors (Lipinski definition) is 2. The van der Waals surface area contributed by atoms with Crippen molar-refractivity contribution in [3.05, 3.63) is 29.8 Å². The van der Waals surface area contributed by atoms with Crippen molar-refractivity contribution in [1.29, 1.82) is 0 Å². The Morgan fingerprint density at radius 3 is 2.60 bits per heavy atom. The fraction of sp³-hybridized carbons (Fsp3) is 0.500. The Labute approximate surface area is 118 Å². The Balaban J connectivity index is 1.80. The average molecular weight is 273 g/mol. The number of carbonyl (C=O) groups excluding carboxylic acids is 1. The zero-order valence-electron chi connectivity index (χ0n) is 11.6. The summed E-state index contributed by atoms with van der Waals surface area (Å²) in [6, 6.07) is 8.17. The normalized spacial score (nSPS) is 28.4. The fourth-order valence-electron chi connectivity index (χ4n) is 3.53. The van der Waals surface area contributed by atoms with Crippen molar-refractivity contribution in [2.45, 2.75) is 38.6 Å². The van der Waals surface area contributed by atoms with Crippen LogP contribution < -0.4 is 4.90 Å². The Bertz CT molecular complexity index is 554. The summed E-state index contributed by atoms with van der Waals surface area (Å²) in [6.07, 6.45) is 2.69. The zero-order chi connectivity index (χ0) is 14.3. The summed E-state index contributed by atoms with van der Waals surface area (Å²) in [5.74, 6) is -1.15. The third-order valence-corrected chi connectivity index (χ3v) is 4.58. The first kappa shape index (κ1) is 13.2. The second kappa shape index (κ2) is 4.93. The van der Waals surface area contributed by atoms with E-state index in [9.17, 15) is 9.59 Å². The molecule has 1 aromatic carbocycles. The van der Waals surface area contributed by atoms with E-state index in [2.05, 4.69) is 13.0 Å². The van der Waals surface area contributed by atoms with Crippen LogP contribution >= 0.6 is 0 Å². The van der Waals surface area contributed by atoms with E-state index in [0.717, 1.165) is 12.1 Å². The van der Waals surface area contributed by atoms with E-state index in [1.54, 1.807) is 0 Å². The van der Waals surface area contributed by atoms with Crippen molar-refractivity contribution < 1.29 is 14.7 Å². The van der Waals surface area contributed by atoms with Gasteiger partial charge in [-0.05, 0) is 44.2 Å². The molecule has 0 aromatic heterocycles. The Kier molecular flexibility index (Phi) is 3.24. The molecule has 3 rings (SSSR count). The molecule has 1 aliphatic carbocycles. The molecule has 106 valence electrons. The smallest absolute Gasteiger partial charge is 0.306 e. The van der Waals surface area contributed by atoms with Gasteiger partial charge in [-0.25, -0.2) is 0 Å². The van der Waals surface area contributed by atoms with Crippen LogP contribution in [0.3, 0.4) is 0 Å². The summed E-state index contributed by atoms with van der Waals surface area (Å²) in [6.45, 7) is 2.06. The summed E-state index contributed by atoms with van der Waals surface area (Å²) in [5, 5.41) is 9.06. The minimum atomic E-state index is -0.768. The molecule has 4 nitrogen and oxygen atoms in total. The van der Waals surface area contributed by atoms with Crippen molar-refractivity contribution in [1.82, 2.24) is 0 Å². The van der Waals surface area contributed by atoms with E-state index in [0.29, 0.717) is 19.3 Å². The zero-order valence-corrected chi connectivity index (χ0v) is 11.6. The van der Waals surface area contributed by atoms with Crippen LogP contribution in [0.25, 0.3) is 0 Å². The van der Waals surface area contributed by atoms with Gasteiger partial charge < -0.3 is 10.0 Å². The van der Waals surface area contributed by atoms with Gasteiger partial charge in [0.15, 0.2) is 0 Å². The molecule has 20 heavy (non-hydrogen) atoms. The molecule has 3 atom stereocenters. The first-order chi connectivity index (χ1) is 9.58. The second-order valence-corrected chi connectivity index (χ2v) is 5.94. The van der Waals surface area contributed by atoms with Crippen molar-refractivity contribution in [3.63, 3.8) is 0 Å². The molecule has 0 bridgehead atoms. The summed E-state index contributed by atoms with van der Waals surface area (Å²) < 4.78 is 0. The van der Waals surface area contributed by atoms with Gasteiger partial charge in [0, 0.05) is 17.6 Å². The highest BCUT2D eigenvalue weighted by Crippen LogP contribution is 2.38. The molecule has 2 aliphatic rings. The molecular formula is C16H19NO3. The third kappa shape index (κ3) is 2.09. The number of hydrogen-bond donors (Lipinski definition) is 1. The van der Waals surface area contributed by atoms with Crippen molar-refractivity contribution in [3.8, 4) is 0 Å². The SMILES string of the molecule is CC1Cc2ccccc2N1C(=O)[C@@H]1CC[C@H](C(=O)O)C1. The largest absolute Gasteiger partial charge is 0.481 e.